The molecule has 0 bridgehead atoms. The molecule has 32 heavy (non-hydrogen) atoms. The van der Waals surface area contributed by atoms with Crippen LogP contribution in [0.15, 0.2) is 48.5 Å². The van der Waals surface area contributed by atoms with E-state index in [9.17, 15) is 49.8 Å². The molecule has 10 heteroatoms. The van der Waals surface area contributed by atoms with Crippen molar-refractivity contribution in [2.24, 2.45) is 0 Å². The summed E-state index contributed by atoms with van der Waals surface area (Å²) in [6, 6.07) is 8.37. The van der Waals surface area contributed by atoms with Crippen molar-refractivity contribution in [3.8, 4) is 33.8 Å². The molecule has 0 heterocycles. The Labute approximate surface area is 178 Å². The molecule has 0 fully saturated rings. The van der Waals surface area contributed by atoms with E-state index in [1.165, 1.54) is 0 Å². The molecule has 0 unspecified atom stereocenters. The van der Waals surface area contributed by atoms with Crippen LogP contribution < -0.4 is 0 Å². The Bertz CT molecular complexity index is 1140. The van der Waals surface area contributed by atoms with E-state index < -0.39 is 35.4 Å². The minimum absolute atomic E-state index is 0.00726. The Kier molecular flexibility index (Phi) is 5.53. The fourth-order valence-electron chi connectivity index (χ4n) is 3.10. The van der Waals surface area contributed by atoms with E-state index in [1.54, 1.807) is 0 Å². The first kappa shape index (κ1) is 21.8. The third kappa shape index (κ3) is 4.19. The molecule has 0 saturated carbocycles. The lowest BCUT2D eigenvalue weighted by Gasteiger charge is -2.13. The molecule has 162 valence electrons. The maximum absolute atomic E-state index is 11.3. The fourth-order valence-corrected chi connectivity index (χ4v) is 3.10. The van der Waals surface area contributed by atoms with Crippen molar-refractivity contribution in [2.75, 3.05) is 0 Å². The van der Waals surface area contributed by atoms with E-state index in [0.717, 1.165) is 48.5 Å². The van der Waals surface area contributed by atoms with E-state index in [4.69, 9.17) is 0 Å². The summed E-state index contributed by atoms with van der Waals surface area (Å²) in [7, 11) is 0. The van der Waals surface area contributed by atoms with Crippen LogP contribution in [0, 0.1) is 0 Å². The summed E-state index contributed by atoms with van der Waals surface area (Å²) in [4.78, 5) is 45.3. The molecule has 3 rings (SSSR count). The Morgan fingerprint density at radius 2 is 0.688 bits per heavy atom. The highest BCUT2D eigenvalue weighted by Gasteiger charge is 2.19. The van der Waals surface area contributed by atoms with Crippen molar-refractivity contribution in [2.45, 2.75) is 0 Å². The van der Waals surface area contributed by atoms with Crippen molar-refractivity contribution >= 4 is 23.9 Å². The molecule has 0 saturated heterocycles. The highest BCUT2D eigenvalue weighted by Crippen LogP contribution is 2.40. The van der Waals surface area contributed by atoms with Gasteiger partial charge in [-0.25, -0.2) is 19.2 Å². The smallest absolute Gasteiger partial charge is 0.335 e. The average Bonchev–Trinajstić information content (AvgIpc) is 2.74. The summed E-state index contributed by atoms with van der Waals surface area (Å²) in [6.45, 7) is 0. The van der Waals surface area contributed by atoms with Gasteiger partial charge in [0, 0.05) is 11.1 Å². The normalized spacial score (nSPS) is 10.5. The minimum Gasteiger partial charge on any atom is -0.507 e. The minimum atomic E-state index is -1.40. The molecule has 0 spiro atoms. The lowest BCUT2D eigenvalue weighted by Crippen LogP contribution is -2.03. The third-order valence-corrected chi connectivity index (χ3v) is 4.59. The molecular formula is C22H14O10. The van der Waals surface area contributed by atoms with Gasteiger partial charge in [-0.2, -0.15) is 0 Å². The van der Waals surface area contributed by atoms with Gasteiger partial charge in [0.15, 0.2) is 0 Å². The number of carboxylic acid groups (broad SMARTS) is 4. The first-order valence-electron chi connectivity index (χ1n) is 8.78. The van der Waals surface area contributed by atoms with E-state index in [-0.39, 0.29) is 44.5 Å². The van der Waals surface area contributed by atoms with Gasteiger partial charge >= 0.3 is 23.9 Å². The first-order chi connectivity index (χ1) is 15.0. The largest absolute Gasteiger partial charge is 0.507 e. The molecule has 3 aromatic carbocycles. The quantitative estimate of drug-likeness (QED) is 0.312. The van der Waals surface area contributed by atoms with Crippen LogP contribution in [-0.4, -0.2) is 54.5 Å². The van der Waals surface area contributed by atoms with E-state index in [2.05, 4.69) is 0 Å². The van der Waals surface area contributed by atoms with Crippen LogP contribution >= 0.6 is 0 Å². The van der Waals surface area contributed by atoms with Crippen LogP contribution in [0.25, 0.3) is 22.3 Å². The van der Waals surface area contributed by atoms with E-state index >= 15 is 0 Å². The maximum atomic E-state index is 11.3. The van der Waals surface area contributed by atoms with Crippen molar-refractivity contribution in [3.05, 3.63) is 70.8 Å². The van der Waals surface area contributed by atoms with Gasteiger partial charge in [-0.05, 0) is 59.7 Å². The maximum Gasteiger partial charge on any atom is 0.335 e. The van der Waals surface area contributed by atoms with Crippen molar-refractivity contribution < 1.29 is 49.8 Å². The number of carbonyl (C=O) groups is 4. The second-order valence-corrected chi connectivity index (χ2v) is 6.71. The molecule has 0 aromatic heterocycles. The molecule has 0 aliphatic rings. The highest BCUT2D eigenvalue weighted by atomic mass is 16.4. The Morgan fingerprint density at radius 1 is 0.438 bits per heavy atom. The van der Waals surface area contributed by atoms with Gasteiger partial charge in [-0.15, -0.1) is 0 Å². The molecule has 0 aliphatic heterocycles. The highest BCUT2D eigenvalue weighted by molar-refractivity contribution is 5.98. The van der Waals surface area contributed by atoms with E-state index in [1.807, 2.05) is 0 Å². The van der Waals surface area contributed by atoms with Crippen molar-refractivity contribution in [1.82, 2.24) is 0 Å². The number of aromatic hydroxyl groups is 2. The molecule has 0 radical (unpaired) electrons. The zero-order chi connectivity index (χ0) is 23.7. The molecule has 6 N–H and O–H groups in total. The van der Waals surface area contributed by atoms with Crippen LogP contribution in [0.4, 0.5) is 0 Å². The molecule has 0 amide bonds. The monoisotopic (exact) mass is 438 g/mol. The zero-order valence-electron chi connectivity index (χ0n) is 15.9. The van der Waals surface area contributed by atoms with E-state index in [0.29, 0.717) is 0 Å². The summed E-state index contributed by atoms with van der Waals surface area (Å²) in [5.74, 6) is -6.59. The average molecular weight is 438 g/mol. The van der Waals surface area contributed by atoms with Crippen LogP contribution in [0.3, 0.4) is 0 Å². The Hall–Kier alpha value is -4.86. The lowest BCUT2D eigenvalue weighted by atomic mass is 9.94. The lowest BCUT2D eigenvalue weighted by molar-refractivity contribution is 0.0676. The fraction of sp³-hybridized carbons (Fsp3) is 0. The second kappa shape index (κ2) is 8.11. The number of hydrogen-bond donors (Lipinski definition) is 6. The molecule has 0 aliphatic carbocycles. The Morgan fingerprint density at radius 3 is 0.906 bits per heavy atom. The molecule has 10 nitrogen and oxygen atoms in total. The van der Waals surface area contributed by atoms with Gasteiger partial charge in [0.25, 0.3) is 0 Å². The number of rotatable bonds is 6. The topological polar surface area (TPSA) is 190 Å². The van der Waals surface area contributed by atoms with Crippen LogP contribution in [-0.2, 0) is 0 Å². The molecule has 3 aromatic rings. The van der Waals surface area contributed by atoms with Crippen LogP contribution in [0.5, 0.6) is 11.5 Å². The second-order valence-electron chi connectivity index (χ2n) is 6.71. The summed E-state index contributed by atoms with van der Waals surface area (Å²) >= 11 is 0. The summed E-state index contributed by atoms with van der Waals surface area (Å²) in [5, 5.41) is 57.9. The SMILES string of the molecule is O=C(O)c1cc(C(=O)O)cc(-c2cc(O)c(-c3cc(C(=O)O)cc(C(=O)O)c3)cc2O)c1. The third-order valence-electron chi connectivity index (χ3n) is 4.59. The molecule has 0 atom stereocenters. The number of phenolic OH excluding ortho intramolecular Hbond substituents is 2. The Balaban J connectivity index is 2.21. The number of carboxylic acids is 4. The summed E-state index contributed by atoms with van der Waals surface area (Å²) in [6.07, 6.45) is 0. The summed E-state index contributed by atoms with van der Waals surface area (Å²) in [5.41, 5.74) is -1.63. The van der Waals surface area contributed by atoms with Gasteiger partial charge < -0.3 is 30.6 Å². The van der Waals surface area contributed by atoms with Gasteiger partial charge in [-0.1, -0.05) is 0 Å². The van der Waals surface area contributed by atoms with Gasteiger partial charge in [0.05, 0.1) is 22.3 Å². The van der Waals surface area contributed by atoms with Gasteiger partial charge in [-0.3, -0.25) is 0 Å². The predicted molar refractivity (Wildman–Crippen MR) is 108 cm³/mol. The van der Waals surface area contributed by atoms with Crippen LogP contribution in [0.1, 0.15) is 41.4 Å². The first-order valence-corrected chi connectivity index (χ1v) is 8.78. The van der Waals surface area contributed by atoms with Crippen LogP contribution in [0.2, 0.25) is 0 Å². The number of aromatic carboxylic acids is 4. The van der Waals surface area contributed by atoms with Gasteiger partial charge in [0.2, 0.25) is 0 Å². The standard InChI is InChI=1S/C22H14O10/c23-17-8-16(10-3-13(21(29)30)6-14(4-10)22(31)32)18(24)7-15(17)9-1-11(19(25)26)5-12(2-9)20(27)28/h1-8,23-24H,(H,25,26)(H,27,28)(H,29,30)(H,31,32). The number of benzene rings is 3. The number of hydrogen-bond acceptors (Lipinski definition) is 6. The van der Waals surface area contributed by atoms with Crippen molar-refractivity contribution in [3.63, 3.8) is 0 Å². The van der Waals surface area contributed by atoms with Crippen molar-refractivity contribution in [1.29, 1.82) is 0 Å². The zero-order valence-corrected chi connectivity index (χ0v) is 15.9. The number of phenols is 2. The molecular weight excluding hydrogens is 424 g/mol. The van der Waals surface area contributed by atoms with Gasteiger partial charge in [0.1, 0.15) is 11.5 Å². The predicted octanol–water partition coefficient (Wildman–Crippen LogP) is 3.22. The summed E-state index contributed by atoms with van der Waals surface area (Å²) < 4.78 is 0.